The second-order valence-electron chi connectivity index (χ2n) is 8.35. The van der Waals surface area contributed by atoms with E-state index in [1.165, 1.54) is 38.5 Å². The van der Waals surface area contributed by atoms with Crippen LogP contribution in [0.3, 0.4) is 0 Å². The lowest BCUT2D eigenvalue weighted by molar-refractivity contribution is -0.182. The lowest BCUT2D eigenvalue weighted by Gasteiger charge is -2.55. The molecule has 5 rings (SSSR count). The molecule has 0 N–H and O–H groups in total. The van der Waals surface area contributed by atoms with Gasteiger partial charge in [-0.3, -0.25) is 0 Å². The summed E-state index contributed by atoms with van der Waals surface area (Å²) in [5.41, 5.74) is 0.661. The molecule has 2 heteroatoms. The standard InChI is InChI=1S/C19H28O2/c1-13(17-5-3-2-4-6-17)18(20)21-19-10-14-7-15(11-19)9-16(8-14)12-19/h14-17H,1-12H2. The van der Waals surface area contributed by atoms with E-state index in [4.69, 9.17) is 4.74 Å². The Morgan fingerprint density at radius 1 is 0.905 bits per heavy atom. The number of ether oxygens (including phenoxy) is 1. The first-order valence-electron chi connectivity index (χ1n) is 9.06. The Morgan fingerprint density at radius 3 is 1.95 bits per heavy atom. The van der Waals surface area contributed by atoms with E-state index in [0.29, 0.717) is 5.92 Å². The zero-order valence-corrected chi connectivity index (χ0v) is 13.1. The van der Waals surface area contributed by atoms with Gasteiger partial charge in [-0.25, -0.2) is 4.79 Å². The number of esters is 1. The van der Waals surface area contributed by atoms with Crippen molar-refractivity contribution in [1.29, 1.82) is 0 Å². The van der Waals surface area contributed by atoms with Gasteiger partial charge < -0.3 is 4.74 Å². The molecule has 116 valence electrons. The van der Waals surface area contributed by atoms with Gasteiger partial charge in [0.2, 0.25) is 0 Å². The molecule has 0 heterocycles. The fourth-order valence-corrected chi connectivity index (χ4v) is 6.04. The van der Waals surface area contributed by atoms with E-state index in [9.17, 15) is 4.79 Å². The Hall–Kier alpha value is -0.790. The molecule has 5 fully saturated rings. The maximum Gasteiger partial charge on any atom is 0.334 e. The molecule has 0 aromatic carbocycles. The first-order chi connectivity index (χ1) is 10.1. The zero-order valence-electron chi connectivity index (χ0n) is 13.1. The number of rotatable bonds is 3. The van der Waals surface area contributed by atoms with Crippen molar-refractivity contribution in [1.82, 2.24) is 0 Å². The summed E-state index contributed by atoms with van der Waals surface area (Å²) in [6.07, 6.45) is 13.6. The maximum absolute atomic E-state index is 12.6. The number of hydrogen-bond acceptors (Lipinski definition) is 2. The Labute approximate surface area is 128 Å². The molecule has 5 aliphatic carbocycles. The van der Waals surface area contributed by atoms with Gasteiger partial charge in [-0.05, 0) is 75.0 Å². The van der Waals surface area contributed by atoms with Crippen molar-refractivity contribution >= 4 is 5.97 Å². The summed E-state index contributed by atoms with van der Waals surface area (Å²) < 4.78 is 6.13. The second kappa shape index (κ2) is 5.14. The average molecular weight is 288 g/mol. The van der Waals surface area contributed by atoms with Crippen molar-refractivity contribution in [2.75, 3.05) is 0 Å². The topological polar surface area (TPSA) is 26.3 Å². The van der Waals surface area contributed by atoms with Crippen LogP contribution in [-0.4, -0.2) is 11.6 Å². The Kier molecular flexibility index (Phi) is 3.39. The van der Waals surface area contributed by atoms with Crippen LogP contribution in [0.1, 0.15) is 70.6 Å². The first-order valence-corrected chi connectivity index (χ1v) is 9.06. The van der Waals surface area contributed by atoms with Crippen LogP contribution in [0.15, 0.2) is 12.2 Å². The van der Waals surface area contributed by atoms with Crippen LogP contribution < -0.4 is 0 Å². The van der Waals surface area contributed by atoms with Gasteiger partial charge >= 0.3 is 5.97 Å². The van der Waals surface area contributed by atoms with Crippen molar-refractivity contribution < 1.29 is 9.53 Å². The quantitative estimate of drug-likeness (QED) is 0.559. The summed E-state index contributed by atoms with van der Waals surface area (Å²) in [6.45, 7) is 4.10. The number of carbonyl (C=O) groups excluding carboxylic acids is 1. The Morgan fingerprint density at radius 2 is 1.43 bits per heavy atom. The van der Waals surface area contributed by atoms with Gasteiger partial charge in [0.1, 0.15) is 5.60 Å². The minimum Gasteiger partial charge on any atom is -0.456 e. The van der Waals surface area contributed by atoms with E-state index in [1.54, 1.807) is 0 Å². The maximum atomic E-state index is 12.6. The van der Waals surface area contributed by atoms with Crippen molar-refractivity contribution in [2.45, 2.75) is 76.2 Å². The van der Waals surface area contributed by atoms with Crippen LogP contribution in [0, 0.1) is 23.7 Å². The Balaban J connectivity index is 1.43. The molecule has 5 saturated carbocycles. The van der Waals surface area contributed by atoms with Gasteiger partial charge in [0.05, 0.1) is 0 Å². The second-order valence-corrected chi connectivity index (χ2v) is 8.35. The first kappa shape index (κ1) is 13.8. The summed E-state index contributed by atoms with van der Waals surface area (Å²) >= 11 is 0. The molecule has 21 heavy (non-hydrogen) atoms. The van der Waals surface area contributed by atoms with Crippen molar-refractivity contribution in [3.05, 3.63) is 12.2 Å². The zero-order chi connectivity index (χ0) is 14.4. The molecule has 0 spiro atoms. The molecule has 4 bridgehead atoms. The van der Waals surface area contributed by atoms with Crippen LogP contribution in [0.25, 0.3) is 0 Å². The largest absolute Gasteiger partial charge is 0.456 e. The highest BCUT2D eigenvalue weighted by atomic mass is 16.6. The summed E-state index contributed by atoms with van der Waals surface area (Å²) in [5, 5.41) is 0. The van der Waals surface area contributed by atoms with Crippen molar-refractivity contribution in [2.24, 2.45) is 23.7 Å². The van der Waals surface area contributed by atoms with E-state index >= 15 is 0 Å². The molecular formula is C19H28O2. The highest BCUT2D eigenvalue weighted by molar-refractivity contribution is 5.88. The predicted octanol–water partition coefficient (Wildman–Crippen LogP) is 4.63. The fraction of sp³-hybridized carbons (Fsp3) is 0.842. The molecule has 0 saturated heterocycles. The van der Waals surface area contributed by atoms with Crippen LogP contribution >= 0.6 is 0 Å². The minimum atomic E-state index is -0.108. The van der Waals surface area contributed by atoms with Crippen LogP contribution in [-0.2, 0) is 9.53 Å². The van der Waals surface area contributed by atoms with Crippen molar-refractivity contribution in [3.8, 4) is 0 Å². The van der Waals surface area contributed by atoms with Crippen molar-refractivity contribution in [3.63, 3.8) is 0 Å². The predicted molar refractivity (Wildman–Crippen MR) is 82.7 cm³/mol. The average Bonchev–Trinajstić information content (AvgIpc) is 2.45. The molecule has 0 radical (unpaired) electrons. The van der Waals surface area contributed by atoms with Crippen LogP contribution in [0.5, 0.6) is 0 Å². The normalized spacial score (nSPS) is 42.0. The summed E-state index contributed by atoms with van der Waals surface area (Å²) in [7, 11) is 0. The molecule has 0 unspecified atom stereocenters. The van der Waals surface area contributed by atoms with Crippen LogP contribution in [0.4, 0.5) is 0 Å². The molecular weight excluding hydrogens is 260 g/mol. The lowest BCUT2D eigenvalue weighted by Crippen LogP contribution is -2.53. The Bertz CT molecular complexity index is 409. The SMILES string of the molecule is C=C(C(=O)OC12CC3CC(CC(C3)C1)C2)C1CCCCC1. The van der Waals surface area contributed by atoms with E-state index in [1.807, 2.05) is 0 Å². The molecule has 0 aromatic rings. The van der Waals surface area contributed by atoms with Crippen LogP contribution in [0.2, 0.25) is 0 Å². The third kappa shape index (κ3) is 2.55. The van der Waals surface area contributed by atoms with E-state index in [-0.39, 0.29) is 11.6 Å². The fourth-order valence-electron chi connectivity index (χ4n) is 6.04. The van der Waals surface area contributed by atoms with E-state index < -0.39 is 0 Å². The van der Waals surface area contributed by atoms with Gasteiger partial charge in [0, 0.05) is 5.57 Å². The van der Waals surface area contributed by atoms with E-state index in [0.717, 1.165) is 55.4 Å². The summed E-state index contributed by atoms with van der Waals surface area (Å²) in [6, 6.07) is 0. The molecule has 5 aliphatic rings. The number of carbonyl (C=O) groups is 1. The third-order valence-corrected chi connectivity index (χ3v) is 6.65. The van der Waals surface area contributed by atoms with Gasteiger partial charge in [-0.1, -0.05) is 25.8 Å². The summed E-state index contributed by atoms with van der Waals surface area (Å²) in [5.74, 6) is 2.80. The number of hydrogen-bond donors (Lipinski definition) is 0. The smallest absolute Gasteiger partial charge is 0.334 e. The van der Waals surface area contributed by atoms with Gasteiger partial charge in [0.15, 0.2) is 0 Å². The molecule has 0 aliphatic heterocycles. The lowest BCUT2D eigenvalue weighted by atomic mass is 9.54. The minimum absolute atomic E-state index is 0.0659. The highest BCUT2D eigenvalue weighted by Crippen LogP contribution is 2.57. The van der Waals surface area contributed by atoms with Gasteiger partial charge in [0.25, 0.3) is 0 Å². The highest BCUT2D eigenvalue weighted by Gasteiger charge is 2.53. The van der Waals surface area contributed by atoms with Gasteiger partial charge in [-0.15, -0.1) is 0 Å². The van der Waals surface area contributed by atoms with E-state index in [2.05, 4.69) is 6.58 Å². The molecule has 0 aromatic heterocycles. The molecule has 2 nitrogen and oxygen atoms in total. The van der Waals surface area contributed by atoms with Gasteiger partial charge in [-0.2, -0.15) is 0 Å². The third-order valence-electron chi connectivity index (χ3n) is 6.65. The molecule has 0 atom stereocenters. The monoisotopic (exact) mass is 288 g/mol. The summed E-state index contributed by atoms with van der Waals surface area (Å²) in [4.78, 5) is 12.6. The molecule has 0 amide bonds.